The lowest BCUT2D eigenvalue weighted by Crippen LogP contribution is -2.13. The number of nitrogens with zero attached hydrogens (tertiary/aromatic N) is 1. The van der Waals surface area contributed by atoms with Crippen molar-refractivity contribution in [2.75, 3.05) is 6.54 Å². The molecule has 0 aromatic carbocycles. The molecule has 3 rings (SSSR count). The highest BCUT2D eigenvalue weighted by atomic mass is 16.4. The van der Waals surface area contributed by atoms with Crippen LogP contribution in [0.1, 0.15) is 49.1 Å². The van der Waals surface area contributed by atoms with Crippen LogP contribution in [0.25, 0.3) is 0 Å². The van der Waals surface area contributed by atoms with Crippen LogP contribution >= 0.6 is 0 Å². The summed E-state index contributed by atoms with van der Waals surface area (Å²) in [7, 11) is 0. The number of hydrogen-bond acceptors (Lipinski definition) is 3. The summed E-state index contributed by atoms with van der Waals surface area (Å²) < 4.78 is 5.82. The van der Waals surface area contributed by atoms with Gasteiger partial charge in [0.25, 0.3) is 0 Å². The van der Waals surface area contributed by atoms with E-state index in [4.69, 9.17) is 4.42 Å². The number of oxazole rings is 1. The van der Waals surface area contributed by atoms with E-state index in [9.17, 15) is 0 Å². The molecule has 3 nitrogen and oxygen atoms in total. The molecule has 1 atom stereocenters. The molecule has 2 aliphatic rings. The van der Waals surface area contributed by atoms with Crippen molar-refractivity contribution in [3.63, 3.8) is 0 Å². The molecule has 0 spiro atoms. The fourth-order valence-corrected chi connectivity index (χ4v) is 2.42. The maximum absolute atomic E-state index is 5.82. The van der Waals surface area contributed by atoms with Gasteiger partial charge >= 0.3 is 0 Å². The molecule has 76 valence electrons. The van der Waals surface area contributed by atoms with Gasteiger partial charge in [-0.2, -0.15) is 0 Å². The van der Waals surface area contributed by atoms with Gasteiger partial charge in [-0.3, -0.25) is 0 Å². The Morgan fingerprint density at radius 3 is 2.93 bits per heavy atom. The van der Waals surface area contributed by atoms with Gasteiger partial charge in [-0.15, -0.1) is 0 Å². The topological polar surface area (TPSA) is 38.1 Å². The zero-order chi connectivity index (χ0) is 9.38. The number of hydrogen-bond donors (Lipinski definition) is 1. The predicted octanol–water partition coefficient (Wildman–Crippen LogP) is 1.98. The Labute approximate surface area is 83.9 Å². The Balaban J connectivity index is 1.87. The minimum absolute atomic E-state index is 0.389. The minimum atomic E-state index is 0.389. The van der Waals surface area contributed by atoms with Crippen molar-refractivity contribution < 1.29 is 4.42 Å². The molecule has 1 aliphatic carbocycles. The standard InChI is InChI=1S/C11H16N2O/c1-2-6-10-8(4-1)13-11(14-10)9-5-3-7-12-9/h9,12H,1-7H2. The molecule has 1 aliphatic heterocycles. The van der Waals surface area contributed by atoms with Gasteiger partial charge in [0, 0.05) is 6.42 Å². The Morgan fingerprint density at radius 2 is 2.14 bits per heavy atom. The van der Waals surface area contributed by atoms with E-state index >= 15 is 0 Å². The van der Waals surface area contributed by atoms with Crippen LogP contribution in [-0.4, -0.2) is 11.5 Å². The van der Waals surface area contributed by atoms with Crippen LogP contribution < -0.4 is 5.32 Å². The van der Waals surface area contributed by atoms with Crippen LogP contribution in [0.15, 0.2) is 4.42 Å². The van der Waals surface area contributed by atoms with E-state index in [0.717, 1.165) is 31.0 Å². The molecule has 1 aromatic heterocycles. The number of nitrogens with one attached hydrogen (secondary N) is 1. The lowest BCUT2D eigenvalue weighted by Gasteiger charge is -2.05. The van der Waals surface area contributed by atoms with Crippen LogP contribution in [0.3, 0.4) is 0 Å². The molecular weight excluding hydrogens is 176 g/mol. The van der Waals surface area contributed by atoms with Crippen molar-refractivity contribution in [2.24, 2.45) is 0 Å². The third-order valence-corrected chi connectivity index (χ3v) is 3.22. The van der Waals surface area contributed by atoms with E-state index in [0.29, 0.717) is 6.04 Å². The second-order valence-corrected chi connectivity index (χ2v) is 4.28. The first-order chi connectivity index (χ1) is 6.93. The van der Waals surface area contributed by atoms with Gasteiger partial charge in [-0.05, 0) is 38.6 Å². The molecule has 0 radical (unpaired) electrons. The zero-order valence-corrected chi connectivity index (χ0v) is 8.38. The molecule has 14 heavy (non-hydrogen) atoms. The maximum atomic E-state index is 5.82. The summed E-state index contributed by atoms with van der Waals surface area (Å²) in [5, 5.41) is 3.43. The van der Waals surface area contributed by atoms with Crippen molar-refractivity contribution in [1.82, 2.24) is 10.3 Å². The third-order valence-electron chi connectivity index (χ3n) is 3.22. The summed E-state index contributed by atoms with van der Waals surface area (Å²) >= 11 is 0. The second-order valence-electron chi connectivity index (χ2n) is 4.28. The first-order valence-electron chi connectivity index (χ1n) is 5.65. The highest BCUT2D eigenvalue weighted by Crippen LogP contribution is 2.28. The molecule has 3 heteroatoms. The summed E-state index contributed by atoms with van der Waals surface area (Å²) in [5.41, 5.74) is 1.22. The van der Waals surface area contributed by atoms with E-state index in [1.807, 2.05) is 0 Å². The Morgan fingerprint density at radius 1 is 1.21 bits per heavy atom. The summed E-state index contributed by atoms with van der Waals surface area (Å²) in [6.45, 7) is 1.11. The van der Waals surface area contributed by atoms with Gasteiger partial charge < -0.3 is 9.73 Å². The van der Waals surface area contributed by atoms with Crippen LogP contribution in [-0.2, 0) is 12.8 Å². The predicted molar refractivity (Wildman–Crippen MR) is 53.1 cm³/mol. The van der Waals surface area contributed by atoms with Crippen molar-refractivity contribution >= 4 is 0 Å². The molecule has 0 bridgehead atoms. The van der Waals surface area contributed by atoms with E-state index in [-0.39, 0.29) is 0 Å². The van der Waals surface area contributed by atoms with Gasteiger partial charge in [0.05, 0.1) is 11.7 Å². The molecular formula is C11H16N2O. The van der Waals surface area contributed by atoms with Crippen LogP contribution in [0.4, 0.5) is 0 Å². The van der Waals surface area contributed by atoms with Crippen molar-refractivity contribution in [1.29, 1.82) is 0 Å². The molecule has 1 saturated heterocycles. The SMILES string of the molecule is C1CCc2oc(C3CCCN3)nc2C1. The van der Waals surface area contributed by atoms with Gasteiger partial charge in [0.2, 0.25) is 5.89 Å². The average Bonchev–Trinajstić information content (AvgIpc) is 2.86. The Hall–Kier alpha value is -0.830. The van der Waals surface area contributed by atoms with E-state index in [1.54, 1.807) is 0 Å². The molecule has 1 unspecified atom stereocenters. The monoisotopic (exact) mass is 192 g/mol. The molecule has 0 amide bonds. The lowest BCUT2D eigenvalue weighted by molar-refractivity contribution is 0.397. The largest absolute Gasteiger partial charge is 0.444 e. The lowest BCUT2D eigenvalue weighted by atomic mass is 10.0. The highest BCUT2D eigenvalue weighted by Gasteiger charge is 2.24. The van der Waals surface area contributed by atoms with E-state index < -0.39 is 0 Å². The van der Waals surface area contributed by atoms with Gasteiger partial charge in [0.15, 0.2) is 0 Å². The molecule has 2 heterocycles. The summed E-state index contributed by atoms with van der Waals surface area (Å²) in [6.07, 6.45) is 7.18. The normalized spacial score (nSPS) is 26.4. The molecule has 1 aromatic rings. The number of rotatable bonds is 1. The third kappa shape index (κ3) is 1.36. The number of aryl methyl sites for hydroxylation is 2. The average molecular weight is 192 g/mol. The van der Waals surface area contributed by atoms with Crippen molar-refractivity contribution in [3.05, 3.63) is 17.3 Å². The summed E-state index contributed by atoms with van der Waals surface area (Å²) in [5.74, 6) is 2.09. The summed E-state index contributed by atoms with van der Waals surface area (Å²) in [6, 6.07) is 0.389. The Bertz CT molecular complexity index is 303. The number of aromatic nitrogens is 1. The van der Waals surface area contributed by atoms with Crippen LogP contribution in [0, 0.1) is 0 Å². The Kier molecular flexibility index (Phi) is 2.05. The molecule has 1 N–H and O–H groups in total. The smallest absolute Gasteiger partial charge is 0.211 e. The fraction of sp³-hybridized carbons (Fsp3) is 0.727. The number of fused-ring (bicyclic) bond motifs is 1. The van der Waals surface area contributed by atoms with Gasteiger partial charge in [-0.1, -0.05) is 0 Å². The van der Waals surface area contributed by atoms with E-state index in [1.165, 1.54) is 31.4 Å². The fourth-order valence-electron chi connectivity index (χ4n) is 2.42. The molecule has 0 saturated carbocycles. The quantitative estimate of drug-likeness (QED) is 0.739. The van der Waals surface area contributed by atoms with Crippen LogP contribution in [0.5, 0.6) is 0 Å². The first kappa shape index (κ1) is 8.48. The second kappa shape index (κ2) is 3.39. The zero-order valence-electron chi connectivity index (χ0n) is 8.38. The first-order valence-corrected chi connectivity index (χ1v) is 5.65. The molecule has 1 fully saturated rings. The van der Waals surface area contributed by atoms with E-state index in [2.05, 4.69) is 10.3 Å². The minimum Gasteiger partial charge on any atom is -0.444 e. The highest BCUT2D eigenvalue weighted by molar-refractivity contribution is 5.14. The van der Waals surface area contributed by atoms with Gasteiger partial charge in [-0.25, -0.2) is 4.98 Å². The maximum Gasteiger partial charge on any atom is 0.211 e. The van der Waals surface area contributed by atoms with Crippen molar-refractivity contribution in [3.8, 4) is 0 Å². The van der Waals surface area contributed by atoms with Gasteiger partial charge in [0.1, 0.15) is 5.76 Å². The summed E-state index contributed by atoms with van der Waals surface area (Å²) in [4.78, 5) is 4.60. The van der Waals surface area contributed by atoms with Crippen molar-refractivity contribution in [2.45, 2.75) is 44.6 Å². The van der Waals surface area contributed by atoms with Crippen LogP contribution in [0.2, 0.25) is 0 Å².